The van der Waals surface area contributed by atoms with Crippen LogP contribution < -0.4 is 5.73 Å². The van der Waals surface area contributed by atoms with E-state index in [2.05, 4.69) is 39.8 Å². The summed E-state index contributed by atoms with van der Waals surface area (Å²) in [6.07, 6.45) is 0.891. The third-order valence-electron chi connectivity index (χ3n) is 5.70. The molecule has 0 aliphatic heterocycles. The number of nitrogens with zero attached hydrogens (tertiary/aromatic N) is 1. The number of aryl methyl sites for hydroxylation is 1. The maximum Gasteiger partial charge on any atom is 0.227 e. The van der Waals surface area contributed by atoms with Crippen LogP contribution >= 0.6 is 0 Å². The summed E-state index contributed by atoms with van der Waals surface area (Å²) in [4.78, 5) is 25.4. The minimum atomic E-state index is -0.0532. The van der Waals surface area contributed by atoms with Crippen molar-refractivity contribution >= 4 is 12.2 Å². The van der Waals surface area contributed by atoms with Crippen molar-refractivity contribution in [2.24, 2.45) is 11.7 Å². The van der Waals surface area contributed by atoms with Gasteiger partial charge in [-0.15, -0.1) is 0 Å². The van der Waals surface area contributed by atoms with Crippen molar-refractivity contribution < 1.29 is 14.3 Å². The van der Waals surface area contributed by atoms with Crippen LogP contribution in [0.15, 0.2) is 102 Å². The van der Waals surface area contributed by atoms with E-state index in [-0.39, 0.29) is 17.5 Å². The number of amides is 1. The molecule has 0 spiro atoms. The zero-order chi connectivity index (χ0) is 35.0. The summed E-state index contributed by atoms with van der Waals surface area (Å²) in [7, 11) is 0. The molecule has 0 bridgehead atoms. The van der Waals surface area contributed by atoms with Gasteiger partial charge in [0, 0.05) is 37.8 Å². The highest BCUT2D eigenvalue weighted by Gasteiger charge is 2.23. The van der Waals surface area contributed by atoms with E-state index >= 15 is 0 Å². The molecule has 0 aliphatic rings. The first kappa shape index (κ1) is 45.7. The Bertz CT molecular complexity index is 1050. The minimum absolute atomic E-state index is 0.0470. The molecule has 0 fully saturated rings. The Hall–Kier alpha value is -3.70. The van der Waals surface area contributed by atoms with Gasteiger partial charge in [-0.1, -0.05) is 145 Å². The number of nitrogens with two attached hydrogens (primary N) is 1. The predicted octanol–water partition coefficient (Wildman–Crippen LogP) is 10.2. The van der Waals surface area contributed by atoms with E-state index in [4.69, 9.17) is 10.5 Å². The van der Waals surface area contributed by atoms with Gasteiger partial charge < -0.3 is 15.4 Å². The number of hydrogen-bond acceptors (Lipinski definition) is 4. The Kier molecular flexibility index (Phi) is 32.2. The molecule has 0 heterocycles. The maximum atomic E-state index is 12.9. The third kappa shape index (κ3) is 23.4. The van der Waals surface area contributed by atoms with E-state index in [0.29, 0.717) is 24.9 Å². The largest absolute Gasteiger partial charge is 0.395 e. The Balaban J connectivity index is -0.000000716. The molecule has 0 aromatic heterocycles. The van der Waals surface area contributed by atoms with Gasteiger partial charge in [-0.3, -0.25) is 9.59 Å². The number of ether oxygens (including phenoxy) is 1. The quantitative estimate of drug-likeness (QED) is 0.191. The highest BCUT2D eigenvalue weighted by Crippen LogP contribution is 2.29. The van der Waals surface area contributed by atoms with Crippen LogP contribution in [0, 0.1) is 12.8 Å². The monoisotopic (exact) mass is 620 g/mol. The average Bonchev–Trinajstić information content (AvgIpc) is 3.07. The number of carbonyl (C=O) groups excluding carboxylic acids is 2. The Morgan fingerprint density at radius 2 is 1.11 bits per heavy atom. The molecule has 2 N–H and O–H groups in total. The first-order chi connectivity index (χ1) is 21.6. The molecular formula is C40H64N2O3. The summed E-state index contributed by atoms with van der Waals surface area (Å²) >= 11 is 0. The minimum Gasteiger partial charge on any atom is -0.395 e. The SMILES string of the molecule is CC.CC.CC(C)C.CCN(C(=O)CC(c1ccccc1)c1ccccc1)/C(C)=C(\N)C=O.CCOCC.Cc1ccccc1. The molecule has 0 radical (unpaired) electrons. The average molecular weight is 621 g/mol. The van der Waals surface area contributed by atoms with Crippen molar-refractivity contribution in [1.82, 2.24) is 4.90 Å². The first-order valence-electron chi connectivity index (χ1n) is 16.5. The van der Waals surface area contributed by atoms with Crippen LogP contribution in [0.5, 0.6) is 0 Å². The number of allylic oxidation sites excluding steroid dienone is 2. The summed E-state index contributed by atoms with van der Waals surface area (Å²) < 4.78 is 4.83. The smallest absolute Gasteiger partial charge is 0.227 e. The molecule has 5 nitrogen and oxygen atoms in total. The molecule has 0 saturated heterocycles. The zero-order valence-electron chi connectivity index (χ0n) is 30.5. The fourth-order valence-electron chi connectivity index (χ4n) is 3.66. The van der Waals surface area contributed by atoms with E-state index in [1.165, 1.54) is 5.56 Å². The van der Waals surface area contributed by atoms with Crippen molar-refractivity contribution in [3.05, 3.63) is 119 Å². The van der Waals surface area contributed by atoms with E-state index in [0.717, 1.165) is 30.3 Å². The van der Waals surface area contributed by atoms with Gasteiger partial charge in [0.25, 0.3) is 0 Å². The highest BCUT2D eigenvalue weighted by atomic mass is 16.5. The lowest BCUT2D eigenvalue weighted by Gasteiger charge is -2.25. The number of carbonyl (C=O) groups is 2. The van der Waals surface area contributed by atoms with Crippen molar-refractivity contribution in [3.8, 4) is 0 Å². The summed E-state index contributed by atoms with van der Waals surface area (Å²) in [6.45, 7) is 26.3. The fourth-order valence-corrected chi connectivity index (χ4v) is 3.66. The van der Waals surface area contributed by atoms with E-state index < -0.39 is 0 Å². The Morgan fingerprint density at radius 3 is 1.36 bits per heavy atom. The molecule has 3 aromatic rings. The van der Waals surface area contributed by atoms with Gasteiger partial charge >= 0.3 is 0 Å². The summed E-state index contributed by atoms with van der Waals surface area (Å²) in [5.41, 5.74) is 9.79. The second kappa shape index (κ2) is 31.7. The van der Waals surface area contributed by atoms with E-state index in [1.807, 2.05) is 127 Å². The number of hydrogen-bond donors (Lipinski definition) is 1. The molecule has 0 aliphatic carbocycles. The summed E-state index contributed by atoms with van der Waals surface area (Å²) in [5, 5.41) is 0. The Morgan fingerprint density at radius 1 is 0.756 bits per heavy atom. The van der Waals surface area contributed by atoms with Gasteiger partial charge in [0.1, 0.15) is 0 Å². The van der Waals surface area contributed by atoms with Crippen molar-refractivity contribution in [1.29, 1.82) is 0 Å². The second-order valence-corrected chi connectivity index (χ2v) is 10.0. The lowest BCUT2D eigenvalue weighted by atomic mass is 9.88. The van der Waals surface area contributed by atoms with Crippen LogP contribution in [0.2, 0.25) is 0 Å². The van der Waals surface area contributed by atoms with Crippen LogP contribution in [-0.4, -0.2) is 36.9 Å². The van der Waals surface area contributed by atoms with Gasteiger partial charge in [-0.05, 0) is 51.7 Å². The lowest BCUT2D eigenvalue weighted by Crippen LogP contribution is -2.32. The van der Waals surface area contributed by atoms with Gasteiger partial charge in [-0.25, -0.2) is 0 Å². The number of benzene rings is 3. The van der Waals surface area contributed by atoms with E-state index in [1.54, 1.807) is 11.8 Å². The molecule has 0 saturated carbocycles. The molecule has 3 rings (SSSR count). The van der Waals surface area contributed by atoms with Crippen LogP contribution in [-0.2, 0) is 14.3 Å². The van der Waals surface area contributed by atoms with Crippen LogP contribution in [0.3, 0.4) is 0 Å². The molecule has 45 heavy (non-hydrogen) atoms. The summed E-state index contributed by atoms with van der Waals surface area (Å²) in [5.74, 6) is 0.733. The third-order valence-corrected chi connectivity index (χ3v) is 5.70. The van der Waals surface area contributed by atoms with Crippen LogP contribution in [0.4, 0.5) is 0 Å². The highest BCUT2D eigenvalue weighted by molar-refractivity contribution is 5.82. The van der Waals surface area contributed by atoms with Gasteiger partial charge in [0.05, 0.1) is 5.70 Å². The molecule has 3 aromatic carbocycles. The first-order valence-corrected chi connectivity index (χ1v) is 16.5. The van der Waals surface area contributed by atoms with Gasteiger partial charge in [0.15, 0.2) is 6.29 Å². The molecule has 252 valence electrons. The predicted molar refractivity (Wildman–Crippen MR) is 196 cm³/mol. The van der Waals surface area contributed by atoms with Crippen LogP contribution in [0.1, 0.15) is 105 Å². The van der Waals surface area contributed by atoms with E-state index in [9.17, 15) is 9.59 Å². The number of aldehydes is 1. The van der Waals surface area contributed by atoms with Gasteiger partial charge in [-0.2, -0.15) is 0 Å². The Labute approximate surface area is 276 Å². The van der Waals surface area contributed by atoms with Crippen LogP contribution in [0.25, 0.3) is 0 Å². The topological polar surface area (TPSA) is 72.6 Å². The van der Waals surface area contributed by atoms with Crippen molar-refractivity contribution in [3.63, 3.8) is 0 Å². The summed E-state index contributed by atoms with van der Waals surface area (Å²) in [6, 6.07) is 30.2. The zero-order valence-corrected chi connectivity index (χ0v) is 30.5. The van der Waals surface area contributed by atoms with Gasteiger partial charge in [0.2, 0.25) is 5.91 Å². The standard InChI is InChI=1S/C21H24N2O2.C7H8.C4H10O.C4H10.2C2H6/c1-3-23(16(2)20(22)15-24)21(25)14-19(17-10-6-4-7-11-17)18-12-8-5-9-13-18;1-7-5-3-2-4-6-7;1-3-5-4-2;1-4(2)3;2*1-2/h4-13,15,19H,3,14,22H2,1-2H3;2-6H,1H3;3-4H2,1-2H3;4H,1-3H3;2*1-2H3/b20-16-;;;;;. The lowest BCUT2D eigenvalue weighted by molar-refractivity contribution is -0.129. The molecule has 1 amide bonds. The maximum absolute atomic E-state index is 12.9. The molecule has 0 unspecified atom stereocenters. The normalized spacial score (nSPS) is 9.91. The second-order valence-electron chi connectivity index (χ2n) is 10.0. The fraction of sp³-hybridized carbons (Fsp3) is 0.450. The van der Waals surface area contributed by atoms with Crippen molar-refractivity contribution in [2.75, 3.05) is 19.8 Å². The van der Waals surface area contributed by atoms with Crippen molar-refractivity contribution in [2.45, 2.75) is 95.4 Å². The number of rotatable bonds is 9. The molecule has 5 heteroatoms. The molecule has 0 atom stereocenters. The molecular weight excluding hydrogens is 556 g/mol.